The van der Waals surface area contributed by atoms with E-state index < -0.39 is 0 Å². The maximum atomic E-state index is 4.28. The van der Waals surface area contributed by atoms with E-state index >= 15 is 0 Å². The summed E-state index contributed by atoms with van der Waals surface area (Å²) in [5, 5.41) is 3.52. The van der Waals surface area contributed by atoms with Crippen LogP contribution in [-0.4, -0.2) is 16.0 Å². The summed E-state index contributed by atoms with van der Waals surface area (Å²) in [5.74, 6) is 0.981. The first-order valence-corrected chi connectivity index (χ1v) is 6.16. The first-order chi connectivity index (χ1) is 7.59. The number of aromatic nitrogens is 2. The van der Waals surface area contributed by atoms with Crippen molar-refractivity contribution < 1.29 is 0 Å². The Bertz CT molecular complexity index is 360. The van der Waals surface area contributed by atoms with E-state index in [0.29, 0.717) is 11.5 Å². The molecule has 1 N–H and O–H groups in total. The minimum Gasteiger partial charge on any atom is -0.367 e. The Morgan fingerprint density at radius 1 is 1.44 bits per heavy atom. The summed E-state index contributed by atoms with van der Waals surface area (Å²) in [5.41, 5.74) is 1.59. The highest BCUT2D eigenvalue weighted by molar-refractivity contribution is 5.36. The molecule has 1 aliphatic rings. The van der Waals surface area contributed by atoms with Gasteiger partial charge in [-0.2, -0.15) is 0 Å². The Labute approximate surface area is 97.7 Å². The number of nitrogens with one attached hydrogen (secondary N) is 1. The maximum Gasteiger partial charge on any atom is 0.129 e. The van der Waals surface area contributed by atoms with Gasteiger partial charge in [-0.15, -0.1) is 0 Å². The molecule has 1 aromatic rings. The van der Waals surface area contributed by atoms with E-state index in [0.717, 1.165) is 17.9 Å². The van der Waals surface area contributed by atoms with Gasteiger partial charge < -0.3 is 5.32 Å². The van der Waals surface area contributed by atoms with Crippen molar-refractivity contribution in [1.82, 2.24) is 9.97 Å². The van der Waals surface area contributed by atoms with E-state index in [4.69, 9.17) is 0 Å². The van der Waals surface area contributed by atoms with E-state index in [2.05, 4.69) is 42.1 Å². The lowest BCUT2D eigenvalue weighted by molar-refractivity contribution is 0.378. The Kier molecular flexibility index (Phi) is 3.13. The van der Waals surface area contributed by atoms with Crippen LogP contribution in [0.4, 0.5) is 5.82 Å². The summed E-state index contributed by atoms with van der Waals surface area (Å²) in [6.45, 7) is 6.79. The van der Waals surface area contributed by atoms with Crippen LogP contribution in [-0.2, 0) is 6.42 Å². The predicted molar refractivity (Wildman–Crippen MR) is 66.5 cm³/mol. The van der Waals surface area contributed by atoms with Crippen LogP contribution in [0, 0.1) is 5.41 Å². The van der Waals surface area contributed by atoms with Gasteiger partial charge in [0.1, 0.15) is 12.1 Å². The monoisotopic (exact) mass is 219 g/mol. The van der Waals surface area contributed by atoms with Crippen molar-refractivity contribution in [3.05, 3.63) is 18.1 Å². The molecule has 0 radical (unpaired) electrons. The molecule has 2 rings (SSSR count). The van der Waals surface area contributed by atoms with Crippen LogP contribution in [0.1, 0.15) is 45.7 Å². The van der Waals surface area contributed by atoms with Crippen LogP contribution >= 0.6 is 0 Å². The first-order valence-electron chi connectivity index (χ1n) is 6.16. The topological polar surface area (TPSA) is 37.8 Å². The molecular weight excluding hydrogens is 198 g/mol. The smallest absolute Gasteiger partial charge is 0.129 e. The second-order valence-corrected chi connectivity index (χ2v) is 5.50. The van der Waals surface area contributed by atoms with Crippen molar-refractivity contribution in [3.8, 4) is 0 Å². The molecule has 1 heterocycles. The average molecular weight is 219 g/mol. The van der Waals surface area contributed by atoms with Crippen molar-refractivity contribution in [3.63, 3.8) is 0 Å². The van der Waals surface area contributed by atoms with Gasteiger partial charge in [0.05, 0.1) is 0 Å². The molecule has 16 heavy (non-hydrogen) atoms. The fourth-order valence-electron chi connectivity index (χ4n) is 2.44. The fraction of sp³-hybridized carbons (Fsp3) is 0.692. The second kappa shape index (κ2) is 4.40. The molecule has 0 bridgehead atoms. The molecule has 88 valence electrons. The Morgan fingerprint density at radius 2 is 2.25 bits per heavy atom. The van der Waals surface area contributed by atoms with Crippen molar-refractivity contribution in [2.24, 2.45) is 5.41 Å². The van der Waals surface area contributed by atoms with Crippen molar-refractivity contribution >= 4 is 5.82 Å². The molecule has 1 fully saturated rings. The molecular formula is C13H21N3. The third-order valence-corrected chi connectivity index (χ3v) is 3.41. The molecule has 0 aliphatic heterocycles. The second-order valence-electron chi connectivity index (χ2n) is 5.50. The molecule has 0 amide bonds. The van der Waals surface area contributed by atoms with Gasteiger partial charge in [-0.1, -0.05) is 20.8 Å². The lowest BCUT2D eigenvalue weighted by Gasteiger charge is -2.18. The van der Waals surface area contributed by atoms with Gasteiger partial charge in [0, 0.05) is 17.8 Å². The fourth-order valence-corrected chi connectivity index (χ4v) is 2.44. The minimum atomic E-state index is 0.484. The zero-order chi connectivity index (χ0) is 11.6. The molecule has 0 saturated heterocycles. The van der Waals surface area contributed by atoms with E-state index in [-0.39, 0.29) is 0 Å². The van der Waals surface area contributed by atoms with Crippen LogP contribution in [0.15, 0.2) is 12.4 Å². The van der Waals surface area contributed by atoms with Crippen LogP contribution in [0.2, 0.25) is 0 Å². The molecule has 0 spiro atoms. The zero-order valence-electron chi connectivity index (χ0n) is 10.5. The minimum absolute atomic E-state index is 0.484. The Balaban J connectivity index is 1.99. The normalized spacial score (nSPS) is 23.3. The molecule has 1 saturated carbocycles. The van der Waals surface area contributed by atoms with Gasteiger partial charge in [-0.05, 0) is 31.1 Å². The lowest BCUT2D eigenvalue weighted by atomic mass is 9.92. The largest absolute Gasteiger partial charge is 0.367 e. The molecule has 1 atom stereocenters. The van der Waals surface area contributed by atoms with Crippen LogP contribution < -0.4 is 5.32 Å². The van der Waals surface area contributed by atoms with Gasteiger partial charge in [0.25, 0.3) is 0 Å². The molecule has 1 aromatic heterocycles. The van der Waals surface area contributed by atoms with E-state index in [1.165, 1.54) is 19.3 Å². The number of rotatable bonds is 3. The van der Waals surface area contributed by atoms with Crippen molar-refractivity contribution in [1.29, 1.82) is 0 Å². The Morgan fingerprint density at radius 3 is 2.88 bits per heavy atom. The lowest BCUT2D eigenvalue weighted by Crippen LogP contribution is -2.18. The average Bonchev–Trinajstić information content (AvgIpc) is 2.58. The highest BCUT2D eigenvalue weighted by Gasteiger charge is 2.30. The van der Waals surface area contributed by atoms with Gasteiger partial charge in [-0.25, -0.2) is 9.97 Å². The van der Waals surface area contributed by atoms with Gasteiger partial charge >= 0.3 is 0 Å². The molecule has 3 heteroatoms. The van der Waals surface area contributed by atoms with Gasteiger partial charge in [0.15, 0.2) is 0 Å². The quantitative estimate of drug-likeness (QED) is 0.849. The summed E-state index contributed by atoms with van der Waals surface area (Å²) in [6.07, 6.45) is 6.40. The summed E-state index contributed by atoms with van der Waals surface area (Å²) in [6, 6.07) is 2.64. The standard InChI is InChI=1S/C13H21N3/c1-4-10-7-12(15-9-14-10)16-11-5-6-13(2,3)8-11/h7,9,11H,4-6,8H2,1-3H3,(H,14,15,16). The molecule has 1 aliphatic carbocycles. The number of hydrogen-bond donors (Lipinski definition) is 1. The number of nitrogens with zero attached hydrogens (tertiary/aromatic N) is 2. The predicted octanol–water partition coefficient (Wildman–Crippen LogP) is 3.03. The summed E-state index contributed by atoms with van der Waals surface area (Å²) in [7, 11) is 0. The third-order valence-electron chi connectivity index (χ3n) is 3.41. The van der Waals surface area contributed by atoms with Crippen LogP contribution in [0.3, 0.4) is 0 Å². The maximum absolute atomic E-state index is 4.28. The molecule has 0 aromatic carbocycles. The summed E-state index contributed by atoms with van der Waals surface area (Å²) < 4.78 is 0. The summed E-state index contributed by atoms with van der Waals surface area (Å²) in [4.78, 5) is 8.49. The Hall–Kier alpha value is -1.12. The first kappa shape index (κ1) is 11.4. The SMILES string of the molecule is CCc1cc(NC2CCC(C)(C)C2)ncn1. The number of anilines is 1. The highest BCUT2D eigenvalue weighted by atomic mass is 15.0. The molecule has 1 unspecified atom stereocenters. The molecule has 3 nitrogen and oxygen atoms in total. The van der Waals surface area contributed by atoms with Crippen molar-refractivity contribution in [2.45, 2.75) is 52.5 Å². The van der Waals surface area contributed by atoms with Crippen LogP contribution in [0.25, 0.3) is 0 Å². The number of hydrogen-bond acceptors (Lipinski definition) is 3. The van der Waals surface area contributed by atoms with Gasteiger partial charge in [-0.3, -0.25) is 0 Å². The van der Waals surface area contributed by atoms with E-state index in [9.17, 15) is 0 Å². The van der Waals surface area contributed by atoms with Gasteiger partial charge in [0.2, 0.25) is 0 Å². The highest BCUT2D eigenvalue weighted by Crippen LogP contribution is 2.38. The van der Waals surface area contributed by atoms with Crippen molar-refractivity contribution in [2.75, 3.05) is 5.32 Å². The third kappa shape index (κ3) is 2.71. The number of aryl methyl sites for hydroxylation is 1. The summed E-state index contributed by atoms with van der Waals surface area (Å²) >= 11 is 0. The van der Waals surface area contributed by atoms with E-state index in [1.54, 1.807) is 6.33 Å². The van der Waals surface area contributed by atoms with Crippen LogP contribution in [0.5, 0.6) is 0 Å². The van der Waals surface area contributed by atoms with E-state index in [1.807, 2.05) is 0 Å². The zero-order valence-corrected chi connectivity index (χ0v) is 10.5.